The molecular weight excluding hydrogens is 246 g/mol. The Labute approximate surface area is 111 Å². The molecule has 0 saturated heterocycles. The number of carbonyl (C=O) groups is 1. The number of rotatable bonds is 4. The molecule has 0 radical (unpaired) electrons. The maximum atomic E-state index is 12.1. The summed E-state index contributed by atoms with van der Waals surface area (Å²) >= 11 is 0. The van der Waals surface area contributed by atoms with Crippen molar-refractivity contribution in [2.45, 2.75) is 26.3 Å². The molecule has 0 saturated carbocycles. The summed E-state index contributed by atoms with van der Waals surface area (Å²) in [6, 6.07) is 7.68. The normalized spacial score (nSPS) is 13.4. The van der Waals surface area contributed by atoms with Gasteiger partial charge < -0.3 is 5.32 Å². The summed E-state index contributed by atoms with van der Waals surface area (Å²) in [5, 5.41) is 22.5. The van der Waals surface area contributed by atoms with Crippen LogP contribution in [0.25, 0.3) is 0 Å². The van der Waals surface area contributed by atoms with E-state index >= 15 is 0 Å². The molecule has 0 spiro atoms. The van der Waals surface area contributed by atoms with Crippen LogP contribution in [-0.2, 0) is 0 Å². The van der Waals surface area contributed by atoms with Crippen molar-refractivity contribution < 1.29 is 9.72 Å². The van der Waals surface area contributed by atoms with Crippen LogP contribution in [0.15, 0.2) is 24.3 Å². The second-order valence-corrected chi connectivity index (χ2v) is 4.70. The Morgan fingerprint density at radius 2 is 2.05 bits per heavy atom. The van der Waals surface area contributed by atoms with Crippen LogP contribution in [0.5, 0.6) is 0 Å². The van der Waals surface area contributed by atoms with Crippen LogP contribution in [0.3, 0.4) is 0 Å². The average molecular weight is 261 g/mol. The quantitative estimate of drug-likeness (QED) is 0.664. The Bertz CT molecular complexity index is 548. The third-order valence-electron chi connectivity index (χ3n) is 3.11. The zero-order chi connectivity index (χ0) is 14.6. The molecule has 1 N–H and O–H groups in total. The molecule has 0 bridgehead atoms. The summed E-state index contributed by atoms with van der Waals surface area (Å²) in [5.41, 5.74) is -1.39. The fraction of sp³-hybridized carbons (Fsp3) is 0.385. The summed E-state index contributed by atoms with van der Waals surface area (Å²) in [4.78, 5) is 22.3. The molecule has 1 unspecified atom stereocenters. The third kappa shape index (κ3) is 3.07. The number of nitriles is 1. The lowest BCUT2D eigenvalue weighted by molar-refractivity contribution is -0.385. The Hall–Kier alpha value is -2.42. The van der Waals surface area contributed by atoms with Gasteiger partial charge in [0.15, 0.2) is 0 Å². The number of nitrogens with zero attached hydrogens (tertiary/aromatic N) is 2. The van der Waals surface area contributed by atoms with Crippen molar-refractivity contribution >= 4 is 11.6 Å². The molecule has 0 aliphatic heterocycles. The Balaban J connectivity index is 3.10. The first-order valence-corrected chi connectivity index (χ1v) is 5.79. The van der Waals surface area contributed by atoms with Crippen molar-refractivity contribution in [2.75, 3.05) is 0 Å². The Morgan fingerprint density at radius 3 is 2.53 bits per heavy atom. The predicted octanol–water partition coefficient (Wildman–Crippen LogP) is 2.26. The van der Waals surface area contributed by atoms with Gasteiger partial charge in [-0.25, -0.2) is 0 Å². The molecule has 100 valence electrons. The van der Waals surface area contributed by atoms with Gasteiger partial charge in [-0.3, -0.25) is 14.9 Å². The standard InChI is InChI=1S/C13H15N3O3/c1-9(2)13(3,8-14)15-12(17)10-6-4-5-7-11(10)16(18)19/h4-7,9H,1-3H3,(H,15,17). The van der Waals surface area contributed by atoms with Gasteiger partial charge in [-0.15, -0.1) is 0 Å². The first kappa shape index (κ1) is 14.6. The molecule has 6 heteroatoms. The summed E-state index contributed by atoms with van der Waals surface area (Å²) in [6.07, 6.45) is 0. The van der Waals surface area contributed by atoms with E-state index in [1.807, 2.05) is 6.07 Å². The van der Waals surface area contributed by atoms with E-state index in [9.17, 15) is 14.9 Å². The van der Waals surface area contributed by atoms with Gasteiger partial charge in [-0.05, 0) is 18.9 Å². The summed E-state index contributed by atoms with van der Waals surface area (Å²) in [7, 11) is 0. The molecule has 0 fully saturated rings. The van der Waals surface area contributed by atoms with E-state index in [-0.39, 0.29) is 17.2 Å². The van der Waals surface area contributed by atoms with Gasteiger partial charge in [0.2, 0.25) is 0 Å². The van der Waals surface area contributed by atoms with E-state index in [1.54, 1.807) is 26.8 Å². The van der Waals surface area contributed by atoms with Crippen LogP contribution in [-0.4, -0.2) is 16.4 Å². The van der Waals surface area contributed by atoms with E-state index in [2.05, 4.69) is 5.32 Å². The highest BCUT2D eigenvalue weighted by molar-refractivity contribution is 5.98. The molecule has 1 atom stereocenters. The maximum Gasteiger partial charge on any atom is 0.282 e. The van der Waals surface area contributed by atoms with Gasteiger partial charge in [-0.2, -0.15) is 5.26 Å². The number of nitrogens with one attached hydrogen (secondary N) is 1. The zero-order valence-electron chi connectivity index (χ0n) is 11.0. The van der Waals surface area contributed by atoms with Gasteiger partial charge in [0.25, 0.3) is 11.6 Å². The van der Waals surface area contributed by atoms with Crippen molar-refractivity contribution in [3.05, 3.63) is 39.9 Å². The highest BCUT2D eigenvalue weighted by Crippen LogP contribution is 2.20. The SMILES string of the molecule is CC(C)C(C)(C#N)NC(=O)c1ccccc1[N+](=O)[O-]. The molecule has 0 heterocycles. The minimum Gasteiger partial charge on any atom is -0.334 e. The van der Waals surface area contributed by atoms with Gasteiger partial charge >= 0.3 is 0 Å². The van der Waals surface area contributed by atoms with E-state index in [0.29, 0.717) is 0 Å². The Morgan fingerprint density at radius 1 is 1.47 bits per heavy atom. The smallest absolute Gasteiger partial charge is 0.282 e. The predicted molar refractivity (Wildman–Crippen MR) is 69.4 cm³/mol. The van der Waals surface area contributed by atoms with Gasteiger partial charge in [0, 0.05) is 6.07 Å². The average Bonchev–Trinajstić information content (AvgIpc) is 2.38. The van der Waals surface area contributed by atoms with E-state index in [4.69, 9.17) is 5.26 Å². The Kier molecular flexibility index (Phi) is 4.22. The fourth-order valence-corrected chi connectivity index (χ4v) is 1.43. The molecule has 1 aromatic carbocycles. The number of carbonyl (C=O) groups excluding carboxylic acids is 1. The number of para-hydroxylation sites is 1. The van der Waals surface area contributed by atoms with Crippen LogP contribution in [0.1, 0.15) is 31.1 Å². The first-order valence-electron chi connectivity index (χ1n) is 5.79. The van der Waals surface area contributed by atoms with Crippen molar-refractivity contribution in [3.63, 3.8) is 0 Å². The largest absolute Gasteiger partial charge is 0.334 e. The second-order valence-electron chi connectivity index (χ2n) is 4.70. The molecule has 1 rings (SSSR count). The third-order valence-corrected chi connectivity index (χ3v) is 3.11. The molecule has 1 aromatic rings. The van der Waals surface area contributed by atoms with Crippen LogP contribution in [0.4, 0.5) is 5.69 Å². The lowest BCUT2D eigenvalue weighted by Gasteiger charge is -2.27. The lowest BCUT2D eigenvalue weighted by atomic mass is 9.89. The molecule has 1 amide bonds. The second kappa shape index (κ2) is 5.48. The van der Waals surface area contributed by atoms with Crippen LogP contribution < -0.4 is 5.32 Å². The van der Waals surface area contributed by atoms with Gasteiger partial charge in [0.05, 0.1) is 11.0 Å². The molecule has 0 aromatic heterocycles. The minimum absolute atomic E-state index is 0.0466. The number of nitro benzene ring substituents is 1. The van der Waals surface area contributed by atoms with Crippen LogP contribution >= 0.6 is 0 Å². The highest BCUT2D eigenvalue weighted by atomic mass is 16.6. The number of nitro groups is 1. The first-order chi connectivity index (χ1) is 8.81. The minimum atomic E-state index is -1.07. The van der Waals surface area contributed by atoms with E-state index in [0.717, 1.165) is 0 Å². The maximum absolute atomic E-state index is 12.1. The molecule has 6 nitrogen and oxygen atoms in total. The number of hydrogen-bond acceptors (Lipinski definition) is 4. The van der Waals surface area contributed by atoms with Crippen molar-refractivity contribution in [3.8, 4) is 6.07 Å². The molecule has 0 aliphatic rings. The van der Waals surface area contributed by atoms with Crippen molar-refractivity contribution in [1.29, 1.82) is 5.26 Å². The summed E-state index contributed by atoms with van der Waals surface area (Å²) in [6.45, 7) is 5.18. The summed E-state index contributed by atoms with van der Waals surface area (Å²) in [5.74, 6) is -0.741. The van der Waals surface area contributed by atoms with Crippen LogP contribution in [0, 0.1) is 27.4 Å². The van der Waals surface area contributed by atoms with Crippen LogP contribution in [0.2, 0.25) is 0 Å². The molecule has 0 aliphatic carbocycles. The number of hydrogen-bond donors (Lipinski definition) is 1. The van der Waals surface area contributed by atoms with Crippen molar-refractivity contribution in [1.82, 2.24) is 5.32 Å². The fourth-order valence-electron chi connectivity index (χ4n) is 1.43. The highest BCUT2D eigenvalue weighted by Gasteiger charge is 2.32. The topological polar surface area (TPSA) is 96.0 Å². The van der Waals surface area contributed by atoms with Gasteiger partial charge in [0.1, 0.15) is 11.1 Å². The van der Waals surface area contributed by atoms with E-state index < -0.39 is 16.4 Å². The van der Waals surface area contributed by atoms with Gasteiger partial charge in [-0.1, -0.05) is 26.0 Å². The molecule has 19 heavy (non-hydrogen) atoms. The number of amides is 1. The van der Waals surface area contributed by atoms with Crippen molar-refractivity contribution in [2.24, 2.45) is 5.92 Å². The monoisotopic (exact) mass is 261 g/mol. The lowest BCUT2D eigenvalue weighted by Crippen LogP contribution is -2.48. The van der Waals surface area contributed by atoms with E-state index in [1.165, 1.54) is 18.2 Å². The number of benzene rings is 1. The molecular formula is C13H15N3O3. The zero-order valence-corrected chi connectivity index (χ0v) is 11.0. The summed E-state index contributed by atoms with van der Waals surface area (Å²) < 4.78 is 0.